The van der Waals surface area contributed by atoms with E-state index in [4.69, 9.17) is 4.52 Å². The quantitative estimate of drug-likeness (QED) is 0.760. The molecule has 1 aromatic heterocycles. The van der Waals surface area contributed by atoms with Crippen molar-refractivity contribution in [3.05, 3.63) is 17.5 Å². The van der Waals surface area contributed by atoms with Crippen molar-refractivity contribution < 1.29 is 18.4 Å². The highest BCUT2D eigenvalue weighted by molar-refractivity contribution is 8.22. The zero-order valence-corrected chi connectivity index (χ0v) is 14.4. The summed E-state index contributed by atoms with van der Waals surface area (Å²) < 4.78 is 27.1. The molecule has 0 unspecified atom stereocenters. The van der Waals surface area contributed by atoms with Crippen LogP contribution in [0.15, 0.2) is 10.6 Å². The van der Waals surface area contributed by atoms with Crippen LogP contribution < -0.4 is 5.32 Å². The number of carbonyl (C=O) groups is 1. The molecule has 8 heteroatoms. The molecule has 7 nitrogen and oxygen atoms in total. The summed E-state index contributed by atoms with van der Waals surface area (Å²) in [5, 5.41) is 6.84. The fraction of sp³-hybridized carbons (Fsp3) is 0.733. The van der Waals surface area contributed by atoms with Crippen LogP contribution in [-0.4, -0.2) is 48.9 Å². The number of amides is 1. The number of rotatable bonds is 5. The van der Waals surface area contributed by atoms with Gasteiger partial charge in [0.05, 0.1) is 5.75 Å². The summed E-state index contributed by atoms with van der Waals surface area (Å²) in [5.41, 5.74) is 0.333. The van der Waals surface area contributed by atoms with E-state index < -0.39 is 10.8 Å². The Kier molecular flexibility index (Phi) is 4.68. The Bertz CT molecular complexity index is 573. The van der Waals surface area contributed by atoms with Gasteiger partial charge >= 0.3 is 0 Å². The van der Waals surface area contributed by atoms with E-state index in [-0.39, 0.29) is 18.0 Å². The monoisotopic (exact) mass is 343 g/mol. The lowest BCUT2D eigenvalue weighted by molar-refractivity contribution is 0.0903. The van der Waals surface area contributed by atoms with Gasteiger partial charge in [-0.25, -0.2) is 4.31 Å². The number of carbonyl (C=O) groups excluding carboxylic acids is 1. The Morgan fingerprint density at radius 2 is 2.22 bits per heavy atom. The third-order valence-corrected chi connectivity index (χ3v) is 6.72. The van der Waals surface area contributed by atoms with Crippen molar-refractivity contribution in [1.29, 1.82) is 0 Å². The summed E-state index contributed by atoms with van der Waals surface area (Å²) in [5.74, 6) is 1.35. The number of nitrogens with one attached hydrogen (secondary N) is 1. The van der Waals surface area contributed by atoms with Crippen molar-refractivity contribution in [2.24, 2.45) is 0 Å². The summed E-state index contributed by atoms with van der Waals surface area (Å²) in [6.07, 6.45) is 3.60. The van der Waals surface area contributed by atoms with Gasteiger partial charge in [-0.1, -0.05) is 5.16 Å². The van der Waals surface area contributed by atoms with Crippen molar-refractivity contribution in [2.45, 2.75) is 57.5 Å². The highest BCUT2D eigenvalue weighted by atomic mass is 32.3. The maximum absolute atomic E-state index is 12.3. The third-order valence-electron chi connectivity index (χ3n) is 4.65. The minimum atomic E-state index is -2.68. The number of aromatic nitrogens is 1. The third kappa shape index (κ3) is 3.71. The summed E-state index contributed by atoms with van der Waals surface area (Å²) in [4.78, 5) is 12.3. The molecule has 1 aliphatic carbocycles. The molecule has 0 radical (unpaired) electrons. The first-order valence-electron chi connectivity index (χ1n) is 8.21. The molecule has 0 bridgehead atoms. The van der Waals surface area contributed by atoms with Gasteiger partial charge in [-0.3, -0.25) is 13.9 Å². The second-order valence-electron chi connectivity index (χ2n) is 6.49. The van der Waals surface area contributed by atoms with E-state index in [1.807, 2.05) is 6.92 Å². The van der Waals surface area contributed by atoms with Gasteiger partial charge in [-0.15, -0.1) is 10.8 Å². The Hall–Kier alpha value is -1.09. The zero-order chi connectivity index (χ0) is 16.6. The van der Waals surface area contributed by atoms with Gasteiger partial charge in [-0.2, -0.15) is 0 Å². The van der Waals surface area contributed by atoms with Crippen molar-refractivity contribution in [1.82, 2.24) is 14.8 Å². The van der Waals surface area contributed by atoms with Crippen LogP contribution in [0.5, 0.6) is 0 Å². The highest BCUT2D eigenvalue weighted by Crippen LogP contribution is 2.46. The van der Waals surface area contributed by atoms with E-state index in [1.165, 1.54) is 0 Å². The van der Waals surface area contributed by atoms with Crippen molar-refractivity contribution >= 4 is 16.7 Å². The molecule has 2 fully saturated rings. The van der Waals surface area contributed by atoms with E-state index in [2.05, 4.69) is 10.5 Å². The molecule has 23 heavy (non-hydrogen) atoms. The van der Waals surface area contributed by atoms with Crippen LogP contribution in [0.1, 0.15) is 61.7 Å². The number of nitrogens with zero attached hydrogens (tertiary/aromatic N) is 2. The number of piperidine rings is 1. The van der Waals surface area contributed by atoms with Crippen molar-refractivity contribution in [3.8, 4) is 0 Å². The molecule has 0 aromatic carbocycles. The average molecular weight is 343 g/mol. The second-order valence-corrected chi connectivity index (χ2v) is 8.81. The van der Waals surface area contributed by atoms with Crippen LogP contribution in [0.25, 0.3) is 0 Å². The van der Waals surface area contributed by atoms with Gasteiger partial charge in [0, 0.05) is 30.6 Å². The Labute approximate surface area is 137 Å². The normalized spacial score (nSPS) is 27.0. The van der Waals surface area contributed by atoms with Gasteiger partial charge in [-0.05, 0) is 39.5 Å². The maximum atomic E-state index is 12.3. The minimum Gasteiger partial charge on any atom is -0.360 e. The summed E-state index contributed by atoms with van der Waals surface area (Å²) in [7, 11) is -2.68. The largest absolute Gasteiger partial charge is 0.360 e. The molecule has 1 aliphatic heterocycles. The van der Waals surface area contributed by atoms with Gasteiger partial charge in [0.1, 0.15) is 5.76 Å². The summed E-state index contributed by atoms with van der Waals surface area (Å²) in [6, 6.07) is 1.76. The van der Waals surface area contributed by atoms with E-state index in [1.54, 1.807) is 17.3 Å². The molecule has 0 spiro atoms. The van der Waals surface area contributed by atoms with Crippen LogP contribution >= 0.6 is 10.8 Å². The van der Waals surface area contributed by atoms with Gasteiger partial charge < -0.3 is 9.84 Å². The van der Waals surface area contributed by atoms with E-state index in [0.29, 0.717) is 36.8 Å². The Morgan fingerprint density at radius 1 is 1.48 bits per heavy atom. The topological polar surface area (TPSA) is 98.8 Å². The van der Waals surface area contributed by atoms with Gasteiger partial charge in [0.15, 0.2) is 5.69 Å². The van der Waals surface area contributed by atoms with Gasteiger partial charge in [0.25, 0.3) is 5.91 Å². The molecule has 2 aliphatic rings. The zero-order valence-electron chi connectivity index (χ0n) is 13.6. The van der Waals surface area contributed by atoms with Crippen LogP contribution in [0, 0.1) is 0 Å². The van der Waals surface area contributed by atoms with Crippen LogP contribution in [0.3, 0.4) is 0 Å². The van der Waals surface area contributed by atoms with Crippen LogP contribution in [0.2, 0.25) is 0 Å². The van der Waals surface area contributed by atoms with Gasteiger partial charge in [0.2, 0.25) is 0 Å². The lowest BCUT2D eigenvalue weighted by atomic mass is 10.0. The fourth-order valence-electron chi connectivity index (χ4n) is 3.10. The second kappa shape index (κ2) is 6.43. The smallest absolute Gasteiger partial charge is 0.273 e. The van der Waals surface area contributed by atoms with Crippen LogP contribution in [-0.2, 0) is 0 Å². The summed E-state index contributed by atoms with van der Waals surface area (Å²) >= 11 is 0. The van der Waals surface area contributed by atoms with E-state index in [0.717, 1.165) is 18.6 Å². The number of hydrogen-bond acceptors (Lipinski definition) is 6. The predicted octanol–water partition coefficient (Wildman–Crippen LogP) is 2.82. The lowest BCUT2D eigenvalue weighted by Gasteiger charge is -2.49. The first-order chi connectivity index (χ1) is 10.9. The van der Waals surface area contributed by atoms with E-state index in [9.17, 15) is 13.9 Å². The highest BCUT2D eigenvalue weighted by Gasteiger charge is 2.34. The predicted molar refractivity (Wildman–Crippen MR) is 88.5 cm³/mol. The SMILES string of the molecule is CCS(O)(O)N1CC[C@H](NC(=O)c2cc(C3CC3)on2)C[C@H]1C. The maximum Gasteiger partial charge on any atom is 0.273 e. The molecule has 130 valence electrons. The number of hydrogen-bond donors (Lipinski definition) is 3. The fourth-order valence-corrected chi connectivity index (χ4v) is 4.49. The van der Waals surface area contributed by atoms with Crippen LogP contribution in [0.4, 0.5) is 0 Å². The molecule has 1 saturated heterocycles. The molecule has 1 aromatic rings. The average Bonchev–Trinajstić information content (AvgIpc) is 3.24. The summed E-state index contributed by atoms with van der Waals surface area (Å²) in [6.45, 7) is 4.30. The first-order valence-corrected chi connectivity index (χ1v) is 9.88. The van der Waals surface area contributed by atoms with Crippen molar-refractivity contribution in [2.75, 3.05) is 12.3 Å². The molecule has 3 N–H and O–H groups in total. The molecule has 2 heterocycles. The Morgan fingerprint density at radius 3 is 2.83 bits per heavy atom. The Balaban J connectivity index is 1.55. The molecular formula is C15H25N3O4S. The molecule has 1 saturated carbocycles. The molecular weight excluding hydrogens is 318 g/mol. The first kappa shape index (κ1) is 16.8. The molecule has 1 amide bonds. The lowest BCUT2D eigenvalue weighted by Crippen LogP contribution is -2.49. The van der Waals surface area contributed by atoms with E-state index >= 15 is 0 Å². The standard InChI is InChI=1S/C15H25N3O4S/c1-3-23(20,21)18-7-6-12(8-10(18)2)16-15(19)13-9-14(22-17-13)11-4-5-11/h9-12,20-21H,3-8H2,1-2H3,(H,16,19)/t10-,12+/m1/s1. The molecule has 3 rings (SSSR count). The molecule has 2 atom stereocenters. The minimum absolute atomic E-state index is 0.0123. The van der Waals surface area contributed by atoms with Crippen molar-refractivity contribution in [3.63, 3.8) is 0 Å².